The van der Waals surface area contributed by atoms with Crippen molar-refractivity contribution in [3.05, 3.63) is 81.4 Å². The lowest BCUT2D eigenvalue weighted by Gasteiger charge is -2.00. The number of halogens is 1. The maximum Gasteiger partial charge on any atom is 0.274 e. The van der Waals surface area contributed by atoms with Crippen molar-refractivity contribution < 1.29 is 0 Å². The second-order valence-electron chi connectivity index (χ2n) is 5.59. The minimum Gasteiger partial charge on any atom is -0.267 e. The van der Waals surface area contributed by atoms with Crippen molar-refractivity contribution >= 4 is 40.9 Å². The van der Waals surface area contributed by atoms with Crippen LogP contribution in [0.2, 0.25) is 5.02 Å². The second kappa shape index (κ2) is 8.16. The number of hydrogen-bond acceptors (Lipinski definition) is 6. The molecule has 1 aromatic carbocycles. The van der Waals surface area contributed by atoms with E-state index in [0.29, 0.717) is 33.2 Å². The Kier molecular flexibility index (Phi) is 5.47. The first-order valence-corrected chi connectivity index (χ1v) is 10.4. The SMILES string of the molecule is O=c1cc(CSc2ccccn2)nc2nc(SCc3ccccc3Cl)[nH]n12. The van der Waals surface area contributed by atoms with Crippen LogP contribution in [0.5, 0.6) is 0 Å². The summed E-state index contributed by atoms with van der Waals surface area (Å²) >= 11 is 9.18. The van der Waals surface area contributed by atoms with Gasteiger partial charge in [0.2, 0.25) is 0 Å². The molecule has 0 aliphatic carbocycles. The molecule has 6 nitrogen and oxygen atoms in total. The molecule has 9 heteroatoms. The highest BCUT2D eigenvalue weighted by Gasteiger charge is 2.10. The summed E-state index contributed by atoms with van der Waals surface area (Å²) in [5.41, 5.74) is 1.50. The maximum atomic E-state index is 12.3. The number of aromatic nitrogens is 5. The zero-order chi connectivity index (χ0) is 18.6. The van der Waals surface area contributed by atoms with Crippen molar-refractivity contribution in [1.29, 1.82) is 0 Å². The fourth-order valence-corrected chi connectivity index (χ4v) is 4.27. The summed E-state index contributed by atoms with van der Waals surface area (Å²) in [6.45, 7) is 0. The van der Waals surface area contributed by atoms with Gasteiger partial charge in [-0.05, 0) is 23.8 Å². The van der Waals surface area contributed by atoms with Gasteiger partial charge in [0.05, 0.1) is 10.7 Å². The number of H-pyrrole nitrogens is 1. The Labute approximate surface area is 168 Å². The van der Waals surface area contributed by atoms with E-state index in [1.54, 1.807) is 6.20 Å². The molecule has 1 N–H and O–H groups in total. The Morgan fingerprint density at radius 1 is 1.04 bits per heavy atom. The summed E-state index contributed by atoms with van der Waals surface area (Å²) in [5.74, 6) is 1.56. The number of nitrogens with zero attached hydrogens (tertiary/aromatic N) is 4. The summed E-state index contributed by atoms with van der Waals surface area (Å²) < 4.78 is 1.35. The Morgan fingerprint density at radius 3 is 2.70 bits per heavy atom. The van der Waals surface area contributed by atoms with Gasteiger partial charge in [0, 0.05) is 28.8 Å². The van der Waals surface area contributed by atoms with Crippen LogP contribution in [0.25, 0.3) is 5.78 Å². The van der Waals surface area contributed by atoms with Crippen LogP contribution in [0, 0.1) is 0 Å². The minimum atomic E-state index is -0.186. The van der Waals surface area contributed by atoms with Crippen LogP contribution in [0.3, 0.4) is 0 Å². The molecule has 0 aliphatic heterocycles. The Hall–Kier alpha value is -2.29. The van der Waals surface area contributed by atoms with Crippen molar-refractivity contribution in [3.63, 3.8) is 0 Å². The molecule has 0 atom stereocenters. The molecule has 4 rings (SSSR count). The lowest BCUT2D eigenvalue weighted by Crippen LogP contribution is -2.15. The van der Waals surface area contributed by atoms with Crippen LogP contribution in [-0.4, -0.2) is 24.6 Å². The van der Waals surface area contributed by atoms with Gasteiger partial charge in [-0.25, -0.2) is 9.97 Å². The first-order valence-electron chi connectivity index (χ1n) is 8.08. The summed E-state index contributed by atoms with van der Waals surface area (Å²) in [5, 5.41) is 5.21. The quantitative estimate of drug-likeness (QED) is 0.479. The summed E-state index contributed by atoms with van der Waals surface area (Å²) in [4.78, 5) is 25.5. The zero-order valence-electron chi connectivity index (χ0n) is 14.0. The van der Waals surface area contributed by atoms with Crippen molar-refractivity contribution in [3.8, 4) is 0 Å². The van der Waals surface area contributed by atoms with Gasteiger partial charge in [0.1, 0.15) is 0 Å². The number of benzene rings is 1. The standard InChI is InChI=1S/C18H14ClN5OS2/c19-14-6-2-1-5-12(14)10-27-18-22-17-21-13(9-16(25)24(17)23-18)11-26-15-7-3-4-8-20-15/h1-9H,10-11H2,(H,21,22,23). The van der Waals surface area contributed by atoms with E-state index < -0.39 is 0 Å². The van der Waals surface area contributed by atoms with E-state index in [4.69, 9.17) is 11.6 Å². The van der Waals surface area contributed by atoms with Crippen molar-refractivity contribution in [1.82, 2.24) is 24.6 Å². The average Bonchev–Trinajstić information content (AvgIpc) is 3.10. The molecule has 0 saturated heterocycles. The van der Waals surface area contributed by atoms with Gasteiger partial charge in [-0.1, -0.05) is 47.6 Å². The third-order valence-corrected chi connectivity index (χ3v) is 5.95. The molecule has 0 unspecified atom stereocenters. The van der Waals surface area contributed by atoms with Gasteiger partial charge in [-0.3, -0.25) is 9.89 Å². The van der Waals surface area contributed by atoms with Crippen LogP contribution in [-0.2, 0) is 11.5 Å². The van der Waals surface area contributed by atoms with Gasteiger partial charge in [-0.2, -0.15) is 9.50 Å². The molecule has 0 spiro atoms. The molecule has 0 fully saturated rings. The van der Waals surface area contributed by atoms with Crippen LogP contribution in [0.4, 0.5) is 0 Å². The highest BCUT2D eigenvalue weighted by atomic mass is 35.5. The largest absolute Gasteiger partial charge is 0.274 e. The third kappa shape index (κ3) is 4.35. The number of pyridine rings is 1. The van der Waals surface area contributed by atoms with E-state index in [1.165, 1.54) is 34.1 Å². The molecule has 0 amide bonds. The van der Waals surface area contributed by atoms with Crippen molar-refractivity contribution in [2.24, 2.45) is 0 Å². The molecule has 0 radical (unpaired) electrons. The van der Waals surface area contributed by atoms with E-state index in [1.807, 2.05) is 42.5 Å². The summed E-state index contributed by atoms with van der Waals surface area (Å²) in [7, 11) is 0. The van der Waals surface area contributed by atoms with Crippen molar-refractivity contribution in [2.75, 3.05) is 0 Å². The molecule has 136 valence electrons. The van der Waals surface area contributed by atoms with Crippen LogP contribution < -0.4 is 5.56 Å². The molecular formula is C18H14ClN5OS2. The molecular weight excluding hydrogens is 402 g/mol. The molecule has 0 saturated carbocycles. The smallest absolute Gasteiger partial charge is 0.267 e. The number of nitrogens with one attached hydrogen (secondary N) is 1. The van der Waals surface area contributed by atoms with E-state index in [9.17, 15) is 4.79 Å². The molecule has 3 heterocycles. The first-order chi connectivity index (χ1) is 13.2. The number of rotatable bonds is 6. The number of fused-ring (bicyclic) bond motifs is 1. The van der Waals surface area contributed by atoms with Crippen LogP contribution in [0.15, 0.2) is 69.7 Å². The maximum absolute atomic E-state index is 12.3. The second-order valence-corrected chi connectivity index (χ2v) is 7.95. The molecule has 27 heavy (non-hydrogen) atoms. The molecule has 0 aliphatic rings. The summed E-state index contributed by atoms with van der Waals surface area (Å²) in [6, 6.07) is 14.9. The van der Waals surface area contributed by atoms with Crippen LogP contribution in [0.1, 0.15) is 11.3 Å². The molecule has 4 aromatic rings. The zero-order valence-corrected chi connectivity index (χ0v) is 16.4. The first kappa shape index (κ1) is 18.1. The number of hydrogen-bond donors (Lipinski definition) is 1. The van der Waals surface area contributed by atoms with E-state index in [0.717, 1.165) is 10.6 Å². The third-order valence-electron chi connectivity index (χ3n) is 3.69. The Balaban J connectivity index is 1.51. The predicted octanol–water partition coefficient (Wildman–Crippen LogP) is 4.05. The topological polar surface area (TPSA) is 75.9 Å². The van der Waals surface area contributed by atoms with Gasteiger partial charge < -0.3 is 0 Å². The lowest BCUT2D eigenvalue weighted by atomic mass is 10.2. The van der Waals surface area contributed by atoms with E-state index >= 15 is 0 Å². The monoisotopic (exact) mass is 415 g/mol. The Bertz CT molecular complexity index is 1130. The minimum absolute atomic E-state index is 0.186. The number of aromatic amines is 1. The normalized spacial score (nSPS) is 11.1. The number of thioether (sulfide) groups is 2. The van der Waals surface area contributed by atoms with E-state index in [-0.39, 0.29) is 5.56 Å². The highest BCUT2D eigenvalue weighted by molar-refractivity contribution is 7.98. The fourth-order valence-electron chi connectivity index (χ4n) is 2.39. The Morgan fingerprint density at radius 2 is 1.89 bits per heavy atom. The van der Waals surface area contributed by atoms with Gasteiger partial charge in [0.15, 0.2) is 5.16 Å². The fraction of sp³-hybridized carbons (Fsp3) is 0.111. The van der Waals surface area contributed by atoms with E-state index in [2.05, 4.69) is 20.1 Å². The van der Waals surface area contributed by atoms with Crippen molar-refractivity contribution in [2.45, 2.75) is 21.7 Å². The van der Waals surface area contributed by atoms with Gasteiger partial charge in [0.25, 0.3) is 11.3 Å². The summed E-state index contributed by atoms with van der Waals surface area (Å²) in [6.07, 6.45) is 1.74. The average molecular weight is 416 g/mol. The lowest BCUT2D eigenvalue weighted by molar-refractivity contribution is 0.844. The molecule has 0 bridgehead atoms. The highest BCUT2D eigenvalue weighted by Crippen LogP contribution is 2.24. The van der Waals surface area contributed by atoms with Gasteiger partial charge >= 0.3 is 0 Å². The molecule has 3 aromatic heterocycles. The predicted molar refractivity (Wildman–Crippen MR) is 108 cm³/mol. The van der Waals surface area contributed by atoms with Gasteiger partial charge in [-0.15, -0.1) is 11.8 Å². The van der Waals surface area contributed by atoms with Crippen LogP contribution >= 0.6 is 35.1 Å².